The fraction of sp³-hybridized carbons (Fsp3) is 0.684. The lowest BCUT2D eigenvalue weighted by atomic mass is 10.0. The quantitative estimate of drug-likeness (QED) is 0.144. The van der Waals surface area contributed by atoms with Crippen molar-refractivity contribution in [3.8, 4) is 0 Å². The molecule has 0 aromatic rings. The van der Waals surface area contributed by atoms with Crippen LogP contribution in [0.4, 0.5) is 0 Å². The van der Waals surface area contributed by atoms with Crippen LogP contribution in [0.15, 0.2) is 0 Å². The van der Waals surface area contributed by atoms with Crippen LogP contribution in [0.2, 0.25) is 0 Å². The maximum atomic E-state index is 12.8. The molecule has 4 atom stereocenters. The summed E-state index contributed by atoms with van der Waals surface area (Å²) in [5.41, 5.74) is 10.7. The Bertz CT molecular complexity index is 712. The van der Waals surface area contributed by atoms with Crippen molar-refractivity contribution in [2.75, 3.05) is 0 Å². The molecule has 0 aromatic carbocycles. The first-order chi connectivity index (χ1) is 14.7. The van der Waals surface area contributed by atoms with E-state index in [1.54, 1.807) is 13.8 Å². The molecule has 0 aliphatic carbocycles. The highest BCUT2D eigenvalue weighted by molar-refractivity contribution is 5.94. The fourth-order valence-electron chi connectivity index (χ4n) is 2.60. The van der Waals surface area contributed by atoms with Crippen LogP contribution in [0, 0.1) is 5.92 Å². The summed E-state index contributed by atoms with van der Waals surface area (Å²) in [7, 11) is 0. The van der Waals surface area contributed by atoms with Crippen LogP contribution >= 0.6 is 0 Å². The second-order valence-electron chi connectivity index (χ2n) is 7.86. The van der Waals surface area contributed by atoms with Crippen LogP contribution in [0.3, 0.4) is 0 Å². The van der Waals surface area contributed by atoms with Crippen LogP contribution in [0.25, 0.3) is 0 Å². The third kappa shape index (κ3) is 11.8. The van der Waals surface area contributed by atoms with Crippen molar-refractivity contribution < 1.29 is 39.0 Å². The molecule has 0 aliphatic rings. The van der Waals surface area contributed by atoms with Gasteiger partial charge >= 0.3 is 11.9 Å². The molecule has 0 radical (unpaired) electrons. The highest BCUT2D eigenvalue weighted by Gasteiger charge is 2.30. The molecule has 0 heterocycles. The number of hydrogen-bond acceptors (Lipinski definition) is 7. The van der Waals surface area contributed by atoms with E-state index in [0.717, 1.165) is 0 Å². The maximum absolute atomic E-state index is 12.8. The van der Waals surface area contributed by atoms with Crippen LogP contribution in [0.5, 0.6) is 0 Å². The molecule has 0 fully saturated rings. The van der Waals surface area contributed by atoms with E-state index in [4.69, 9.17) is 21.7 Å². The van der Waals surface area contributed by atoms with Crippen molar-refractivity contribution in [2.45, 2.75) is 77.0 Å². The van der Waals surface area contributed by atoms with Crippen molar-refractivity contribution in [1.82, 2.24) is 16.0 Å². The van der Waals surface area contributed by atoms with Gasteiger partial charge in [-0.25, -0.2) is 0 Å². The van der Waals surface area contributed by atoms with E-state index in [9.17, 15) is 28.8 Å². The first kappa shape index (κ1) is 28.8. The van der Waals surface area contributed by atoms with E-state index >= 15 is 0 Å². The molecule has 0 aliphatic heterocycles. The molecular weight excluding hydrogens is 426 g/mol. The lowest BCUT2D eigenvalue weighted by Crippen LogP contribution is -2.57. The number of carboxylic acids is 2. The average molecular weight is 460 g/mol. The normalized spacial score (nSPS) is 14.5. The number of primary amides is 1. The molecule has 0 bridgehead atoms. The Balaban J connectivity index is 5.39. The first-order valence-corrected chi connectivity index (χ1v) is 10.1. The monoisotopic (exact) mass is 459 g/mol. The van der Waals surface area contributed by atoms with Gasteiger partial charge in [-0.05, 0) is 32.1 Å². The Labute approximate surface area is 185 Å². The maximum Gasteiger partial charge on any atom is 0.325 e. The van der Waals surface area contributed by atoms with Crippen molar-refractivity contribution >= 4 is 35.6 Å². The minimum Gasteiger partial charge on any atom is -0.481 e. The molecule has 182 valence electrons. The number of nitrogens with two attached hydrogens (primary N) is 2. The molecule has 32 heavy (non-hydrogen) atoms. The second-order valence-corrected chi connectivity index (χ2v) is 7.86. The Morgan fingerprint density at radius 1 is 0.781 bits per heavy atom. The molecule has 0 spiro atoms. The van der Waals surface area contributed by atoms with Crippen molar-refractivity contribution in [3.63, 3.8) is 0 Å². The van der Waals surface area contributed by atoms with Crippen molar-refractivity contribution in [3.05, 3.63) is 0 Å². The first-order valence-electron chi connectivity index (χ1n) is 10.1. The zero-order chi connectivity index (χ0) is 25.0. The highest BCUT2D eigenvalue weighted by Crippen LogP contribution is 2.08. The van der Waals surface area contributed by atoms with E-state index in [2.05, 4.69) is 16.0 Å². The summed E-state index contributed by atoms with van der Waals surface area (Å²) in [5, 5.41) is 24.9. The van der Waals surface area contributed by atoms with Crippen LogP contribution < -0.4 is 27.4 Å². The van der Waals surface area contributed by atoms with Gasteiger partial charge in [0, 0.05) is 12.8 Å². The summed E-state index contributed by atoms with van der Waals surface area (Å²) in [4.78, 5) is 70.3. The van der Waals surface area contributed by atoms with Crippen LogP contribution in [0.1, 0.15) is 52.9 Å². The molecule has 0 saturated carbocycles. The summed E-state index contributed by atoms with van der Waals surface area (Å²) in [6, 6.07) is -4.79. The van der Waals surface area contributed by atoms with Gasteiger partial charge in [0.2, 0.25) is 23.6 Å². The summed E-state index contributed by atoms with van der Waals surface area (Å²) in [6.45, 7) is 4.83. The number of amides is 4. The van der Waals surface area contributed by atoms with Crippen molar-refractivity contribution in [2.24, 2.45) is 17.4 Å². The molecule has 9 N–H and O–H groups in total. The molecule has 4 amide bonds. The number of aliphatic carboxylic acids is 2. The van der Waals surface area contributed by atoms with Crippen LogP contribution in [-0.2, 0) is 28.8 Å². The van der Waals surface area contributed by atoms with E-state index in [-0.39, 0.29) is 31.6 Å². The van der Waals surface area contributed by atoms with Crippen molar-refractivity contribution in [1.29, 1.82) is 0 Å². The van der Waals surface area contributed by atoms with Gasteiger partial charge in [0.05, 0.1) is 6.04 Å². The molecular formula is C19H33N5O8. The van der Waals surface area contributed by atoms with Gasteiger partial charge in [-0.3, -0.25) is 28.8 Å². The minimum absolute atomic E-state index is 0.0551. The lowest BCUT2D eigenvalue weighted by Gasteiger charge is -2.25. The zero-order valence-electron chi connectivity index (χ0n) is 18.4. The standard InChI is InChI=1S/C19H33N5O8/c1-9(2)8-13(18(30)22-10(3)19(31)32)24-17(29)12(5-7-15(26)27)23-16(28)11(20)4-6-14(21)25/h9-13H,4-8,20H2,1-3H3,(H2,21,25)(H,22,30)(H,23,28)(H,24,29)(H,26,27)(H,31,32). The van der Waals surface area contributed by atoms with Gasteiger partial charge in [-0.15, -0.1) is 0 Å². The van der Waals surface area contributed by atoms with Gasteiger partial charge in [0.25, 0.3) is 0 Å². The number of carboxylic acid groups (broad SMARTS) is 2. The summed E-state index contributed by atoms with van der Waals surface area (Å²) in [5.74, 6) is -5.53. The third-order valence-corrected chi connectivity index (χ3v) is 4.39. The van der Waals surface area contributed by atoms with E-state index in [0.29, 0.717) is 0 Å². The van der Waals surface area contributed by atoms with E-state index in [1.807, 2.05) is 0 Å². The fourth-order valence-corrected chi connectivity index (χ4v) is 2.60. The minimum atomic E-state index is -1.32. The van der Waals surface area contributed by atoms with Gasteiger partial charge in [-0.1, -0.05) is 13.8 Å². The molecule has 4 unspecified atom stereocenters. The van der Waals surface area contributed by atoms with Gasteiger partial charge < -0.3 is 37.6 Å². The number of nitrogens with one attached hydrogen (secondary N) is 3. The van der Waals surface area contributed by atoms with Gasteiger partial charge in [-0.2, -0.15) is 0 Å². The molecule has 13 heteroatoms. The molecule has 0 saturated heterocycles. The predicted molar refractivity (Wildman–Crippen MR) is 112 cm³/mol. The predicted octanol–water partition coefficient (Wildman–Crippen LogP) is -1.95. The molecule has 0 rings (SSSR count). The van der Waals surface area contributed by atoms with Crippen LogP contribution in [-0.4, -0.2) is 69.9 Å². The summed E-state index contributed by atoms with van der Waals surface area (Å²) < 4.78 is 0. The average Bonchev–Trinajstić information content (AvgIpc) is 2.67. The van der Waals surface area contributed by atoms with E-state index < -0.39 is 66.2 Å². The Morgan fingerprint density at radius 2 is 1.31 bits per heavy atom. The Kier molecular flexibility index (Phi) is 12.6. The number of carbonyl (C=O) groups is 6. The number of carbonyl (C=O) groups excluding carboxylic acids is 4. The van der Waals surface area contributed by atoms with E-state index in [1.165, 1.54) is 6.92 Å². The molecule has 0 aromatic heterocycles. The van der Waals surface area contributed by atoms with Gasteiger partial charge in [0.15, 0.2) is 0 Å². The lowest BCUT2D eigenvalue weighted by molar-refractivity contribution is -0.142. The topological polar surface area (TPSA) is 231 Å². The van der Waals surface area contributed by atoms with Gasteiger partial charge in [0.1, 0.15) is 18.1 Å². The number of rotatable bonds is 15. The summed E-state index contributed by atoms with van der Waals surface area (Å²) >= 11 is 0. The molecule has 13 nitrogen and oxygen atoms in total. The Morgan fingerprint density at radius 3 is 1.78 bits per heavy atom. The Hall–Kier alpha value is -3.22. The largest absolute Gasteiger partial charge is 0.481 e. The summed E-state index contributed by atoms with van der Waals surface area (Å²) in [6.07, 6.45) is -0.788. The smallest absolute Gasteiger partial charge is 0.325 e. The number of hydrogen-bond donors (Lipinski definition) is 7. The second kappa shape index (κ2) is 14.0. The SMILES string of the molecule is CC(C)CC(NC(=O)C(CCC(=O)O)NC(=O)C(N)CCC(N)=O)C(=O)NC(C)C(=O)O. The highest BCUT2D eigenvalue weighted by atomic mass is 16.4. The third-order valence-electron chi connectivity index (χ3n) is 4.39. The zero-order valence-corrected chi connectivity index (χ0v) is 18.4.